The van der Waals surface area contributed by atoms with Gasteiger partial charge in [-0.05, 0) is 46.6 Å². The van der Waals surface area contributed by atoms with Gasteiger partial charge in [0.25, 0.3) is 0 Å². The molecule has 0 aliphatic rings. The van der Waals surface area contributed by atoms with E-state index in [4.69, 9.17) is 0 Å². The molecule has 1 heterocycles. The number of para-hydroxylation sites is 1. The fourth-order valence-electron chi connectivity index (χ4n) is 1.65. The van der Waals surface area contributed by atoms with Crippen LogP contribution in [-0.2, 0) is 11.3 Å². The molecule has 0 saturated heterocycles. The lowest BCUT2D eigenvalue weighted by Gasteiger charge is -2.08. The van der Waals surface area contributed by atoms with Crippen LogP contribution in [0.2, 0.25) is 0 Å². The molecule has 2 rings (SSSR count). The summed E-state index contributed by atoms with van der Waals surface area (Å²) >= 11 is 5.08. The zero-order valence-electron chi connectivity index (χ0n) is 10.6. The molecular weight excluding hydrogens is 324 g/mol. The molecule has 2 aromatic rings. The van der Waals surface area contributed by atoms with Crippen molar-refractivity contribution in [2.75, 3.05) is 11.9 Å². The van der Waals surface area contributed by atoms with E-state index in [1.165, 1.54) is 4.88 Å². The van der Waals surface area contributed by atoms with Crippen LogP contribution in [-0.4, -0.2) is 12.5 Å². The van der Waals surface area contributed by atoms with Crippen LogP contribution in [0.4, 0.5) is 5.69 Å². The molecular formula is C14H15BrN2OS. The summed E-state index contributed by atoms with van der Waals surface area (Å²) in [6, 6.07) is 11.8. The highest BCUT2D eigenvalue weighted by Crippen LogP contribution is 2.21. The van der Waals surface area contributed by atoms with Crippen molar-refractivity contribution in [3.63, 3.8) is 0 Å². The molecule has 3 nitrogen and oxygen atoms in total. The number of benzene rings is 1. The number of thiophene rings is 1. The molecule has 0 fully saturated rings. The number of halogens is 1. The second-order valence-corrected chi connectivity index (χ2v) is 6.72. The number of nitrogens with one attached hydrogen (secondary N) is 2. The van der Waals surface area contributed by atoms with Gasteiger partial charge in [0, 0.05) is 17.1 Å². The maximum atomic E-state index is 11.8. The summed E-state index contributed by atoms with van der Waals surface area (Å²) in [6.45, 7) is 2.99. The molecule has 100 valence electrons. The first-order valence-corrected chi connectivity index (χ1v) is 7.56. The summed E-state index contributed by atoms with van der Waals surface area (Å²) in [5.74, 6) is -0.0232. The number of aryl methyl sites for hydroxylation is 1. The standard InChI is InChI=1S/C14H15BrN2OS/c1-10-4-2-3-5-12(10)17-14(18)9-16-8-11-6-7-13(15)19-11/h2-7,16H,8-9H2,1H3,(H,17,18). The first-order valence-electron chi connectivity index (χ1n) is 5.95. The summed E-state index contributed by atoms with van der Waals surface area (Å²) in [7, 11) is 0. The third-order valence-electron chi connectivity index (χ3n) is 2.63. The average molecular weight is 339 g/mol. The van der Waals surface area contributed by atoms with Crippen molar-refractivity contribution in [3.05, 3.63) is 50.6 Å². The molecule has 1 aromatic carbocycles. The Hall–Kier alpha value is -1.17. The van der Waals surface area contributed by atoms with Gasteiger partial charge in [-0.15, -0.1) is 11.3 Å². The van der Waals surface area contributed by atoms with Crippen LogP contribution in [0.1, 0.15) is 10.4 Å². The van der Waals surface area contributed by atoms with Gasteiger partial charge in [-0.1, -0.05) is 18.2 Å². The summed E-state index contributed by atoms with van der Waals surface area (Å²) in [5.41, 5.74) is 1.94. The Morgan fingerprint density at radius 2 is 2.05 bits per heavy atom. The van der Waals surface area contributed by atoms with Gasteiger partial charge in [0.15, 0.2) is 0 Å². The van der Waals surface area contributed by atoms with Gasteiger partial charge < -0.3 is 10.6 Å². The quantitative estimate of drug-likeness (QED) is 0.875. The van der Waals surface area contributed by atoms with Crippen LogP contribution >= 0.6 is 27.3 Å². The third kappa shape index (κ3) is 4.45. The summed E-state index contributed by atoms with van der Waals surface area (Å²) in [6.07, 6.45) is 0. The smallest absolute Gasteiger partial charge is 0.238 e. The molecule has 1 amide bonds. The van der Waals surface area contributed by atoms with Crippen LogP contribution in [0, 0.1) is 6.92 Å². The Labute approximate surface area is 125 Å². The zero-order chi connectivity index (χ0) is 13.7. The van der Waals surface area contributed by atoms with Gasteiger partial charge in [0.05, 0.1) is 10.3 Å². The monoisotopic (exact) mass is 338 g/mol. The summed E-state index contributed by atoms with van der Waals surface area (Å²) < 4.78 is 1.11. The second kappa shape index (κ2) is 6.84. The predicted octanol–water partition coefficient (Wildman–Crippen LogP) is 3.55. The molecule has 0 radical (unpaired) electrons. The third-order valence-corrected chi connectivity index (χ3v) is 4.26. The maximum Gasteiger partial charge on any atom is 0.238 e. The molecule has 0 atom stereocenters. The normalized spacial score (nSPS) is 10.4. The predicted molar refractivity (Wildman–Crippen MR) is 83.5 cm³/mol. The number of hydrogen-bond donors (Lipinski definition) is 2. The van der Waals surface area contributed by atoms with E-state index in [0.29, 0.717) is 13.1 Å². The minimum Gasteiger partial charge on any atom is -0.325 e. The Morgan fingerprint density at radius 1 is 1.26 bits per heavy atom. The number of anilines is 1. The first-order chi connectivity index (χ1) is 9.15. The number of amides is 1. The van der Waals surface area contributed by atoms with E-state index >= 15 is 0 Å². The molecule has 0 aliphatic heterocycles. The largest absolute Gasteiger partial charge is 0.325 e. The zero-order valence-corrected chi connectivity index (χ0v) is 13.0. The fourth-order valence-corrected chi connectivity index (χ4v) is 3.11. The summed E-state index contributed by atoms with van der Waals surface area (Å²) in [4.78, 5) is 13.0. The Morgan fingerprint density at radius 3 is 2.74 bits per heavy atom. The van der Waals surface area contributed by atoms with Crippen molar-refractivity contribution in [2.45, 2.75) is 13.5 Å². The minimum absolute atomic E-state index is 0.0232. The topological polar surface area (TPSA) is 41.1 Å². The van der Waals surface area contributed by atoms with Crippen molar-refractivity contribution in [3.8, 4) is 0 Å². The van der Waals surface area contributed by atoms with Crippen molar-refractivity contribution >= 4 is 38.9 Å². The summed E-state index contributed by atoms with van der Waals surface area (Å²) in [5, 5.41) is 6.03. The molecule has 0 spiro atoms. The number of carbonyl (C=O) groups is 1. The van der Waals surface area contributed by atoms with E-state index < -0.39 is 0 Å². The molecule has 1 aromatic heterocycles. The van der Waals surface area contributed by atoms with Crippen LogP contribution < -0.4 is 10.6 Å². The molecule has 0 saturated carbocycles. The highest BCUT2D eigenvalue weighted by Gasteiger charge is 2.04. The average Bonchev–Trinajstić information content (AvgIpc) is 2.78. The van der Waals surface area contributed by atoms with Crippen LogP contribution in [0.3, 0.4) is 0 Å². The SMILES string of the molecule is Cc1ccccc1NC(=O)CNCc1ccc(Br)s1. The van der Waals surface area contributed by atoms with Gasteiger partial charge in [0.2, 0.25) is 5.91 Å². The lowest BCUT2D eigenvalue weighted by molar-refractivity contribution is -0.115. The Balaban J connectivity index is 1.77. The fraction of sp³-hybridized carbons (Fsp3) is 0.214. The number of rotatable bonds is 5. The van der Waals surface area contributed by atoms with E-state index in [2.05, 4.69) is 26.6 Å². The lowest BCUT2D eigenvalue weighted by atomic mass is 10.2. The van der Waals surface area contributed by atoms with Crippen LogP contribution in [0.5, 0.6) is 0 Å². The molecule has 0 unspecified atom stereocenters. The van der Waals surface area contributed by atoms with Crippen molar-refractivity contribution < 1.29 is 4.79 Å². The van der Waals surface area contributed by atoms with E-state index in [1.807, 2.05) is 43.3 Å². The Bertz CT molecular complexity index is 568. The first kappa shape index (κ1) is 14.2. The maximum absolute atomic E-state index is 11.8. The van der Waals surface area contributed by atoms with Gasteiger partial charge in [-0.25, -0.2) is 0 Å². The van der Waals surface area contributed by atoms with Crippen molar-refractivity contribution in [2.24, 2.45) is 0 Å². The Kier molecular flexibility index (Phi) is 5.13. The molecule has 2 N–H and O–H groups in total. The van der Waals surface area contributed by atoms with Gasteiger partial charge in [0.1, 0.15) is 0 Å². The van der Waals surface area contributed by atoms with Gasteiger partial charge in [-0.3, -0.25) is 4.79 Å². The highest BCUT2D eigenvalue weighted by molar-refractivity contribution is 9.11. The van der Waals surface area contributed by atoms with Crippen molar-refractivity contribution in [1.29, 1.82) is 0 Å². The molecule has 5 heteroatoms. The van der Waals surface area contributed by atoms with E-state index in [1.54, 1.807) is 11.3 Å². The molecule has 0 bridgehead atoms. The van der Waals surface area contributed by atoms with Crippen molar-refractivity contribution in [1.82, 2.24) is 5.32 Å². The molecule has 19 heavy (non-hydrogen) atoms. The van der Waals surface area contributed by atoms with E-state index in [0.717, 1.165) is 15.0 Å². The molecule has 0 aliphatic carbocycles. The second-order valence-electron chi connectivity index (χ2n) is 4.17. The van der Waals surface area contributed by atoms with E-state index in [9.17, 15) is 4.79 Å². The lowest BCUT2D eigenvalue weighted by Crippen LogP contribution is -2.27. The number of carbonyl (C=O) groups excluding carboxylic acids is 1. The van der Waals surface area contributed by atoms with Gasteiger partial charge in [-0.2, -0.15) is 0 Å². The minimum atomic E-state index is -0.0232. The highest BCUT2D eigenvalue weighted by atomic mass is 79.9. The van der Waals surface area contributed by atoms with Crippen LogP contribution in [0.25, 0.3) is 0 Å². The van der Waals surface area contributed by atoms with Crippen LogP contribution in [0.15, 0.2) is 40.2 Å². The van der Waals surface area contributed by atoms with Gasteiger partial charge >= 0.3 is 0 Å². The number of hydrogen-bond acceptors (Lipinski definition) is 3. The van der Waals surface area contributed by atoms with E-state index in [-0.39, 0.29) is 5.91 Å².